The number of methoxy groups -OCH3 is 1. The maximum Gasteiger partial charge on any atom is 0.234 e. The van der Waals surface area contributed by atoms with E-state index in [4.69, 9.17) is 4.74 Å². The number of ether oxygens (including phenoxy) is 1. The van der Waals surface area contributed by atoms with Crippen molar-refractivity contribution in [2.75, 3.05) is 31.6 Å². The van der Waals surface area contributed by atoms with Gasteiger partial charge in [-0.15, -0.1) is 0 Å². The van der Waals surface area contributed by atoms with E-state index in [0.717, 1.165) is 31.1 Å². The minimum absolute atomic E-state index is 0.0294. The van der Waals surface area contributed by atoms with Crippen LogP contribution in [0.3, 0.4) is 0 Å². The summed E-state index contributed by atoms with van der Waals surface area (Å²) < 4.78 is 5.29. The van der Waals surface area contributed by atoms with Crippen molar-refractivity contribution >= 4 is 11.6 Å². The van der Waals surface area contributed by atoms with Gasteiger partial charge in [0.15, 0.2) is 0 Å². The average molecular weight is 350 g/mol. The smallest absolute Gasteiger partial charge is 0.234 e. The maximum atomic E-state index is 13.0. The van der Waals surface area contributed by atoms with Gasteiger partial charge in [-0.25, -0.2) is 0 Å². The van der Waals surface area contributed by atoms with Gasteiger partial charge in [-0.05, 0) is 55.8 Å². The first-order chi connectivity index (χ1) is 12.8. The lowest BCUT2D eigenvalue weighted by molar-refractivity contribution is -0.131. The highest BCUT2D eigenvalue weighted by atomic mass is 16.5. The first-order valence-electron chi connectivity index (χ1n) is 9.52. The highest BCUT2D eigenvalue weighted by Gasteiger charge is 2.49. The molecule has 0 unspecified atom stereocenters. The van der Waals surface area contributed by atoms with Crippen LogP contribution < -0.4 is 9.64 Å². The first-order valence-corrected chi connectivity index (χ1v) is 9.52. The lowest BCUT2D eigenvalue weighted by atomic mass is 9.81. The number of nitrogens with zero attached hydrogens (tertiary/aromatic N) is 2. The summed E-state index contributed by atoms with van der Waals surface area (Å²) >= 11 is 0. The highest BCUT2D eigenvalue weighted by molar-refractivity contribution is 6.03. The highest BCUT2D eigenvalue weighted by Crippen LogP contribution is 2.44. The Morgan fingerprint density at radius 3 is 2.31 bits per heavy atom. The predicted molar refractivity (Wildman–Crippen MR) is 103 cm³/mol. The number of para-hydroxylation sites is 1. The zero-order chi connectivity index (χ0) is 17.9. The van der Waals surface area contributed by atoms with Crippen molar-refractivity contribution in [2.24, 2.45) is 5.92 Å². The molecule has 2 saturated heterocycles. The number of β-lactam (4-membered cyclic amide) rings is 1. The van der Waals surface area contributed by atoms with E-state index in [1.54, 1.807) is 7.11 Å². The maximum absolute atomic E-state index is 13.0. The summed E-state index contributed by atoms with van der Waals surface area (Å²) in [4.78, 5) is 17.4. The van der Waals surface area contributed by atoms with Crippen molar-refractivity contribution in [2.45, 2.75) is 25.3 Å². The van der Waals surface area contributed by atoms with Gasteiger partial charge in [-0.1, -0.05) is 36.8 Å². The molecule has 2 atom stereocenters. The van der Waals surface area contributed by atoms with E-state index < -0.39 is 0 Å². The Bertz CT molecular complexity index is 738. The van der Waals surface area contributed by atoms with E-state index in [1.165, 1.54) is 24.8 Å². The number of carbonyl (C=O) groups is 1. The number of likely N-dealkylation sites (tertiary alicyclic amines) is 1. The van der Waals surface area contributed by atoms with Gasteiger partial charge in [-0.3, -0.25) is 4.79 Å². The van der Waals surface area contributed by atoms with Crippen molar-refractivity contribution in [3.63, 3.8) is 0 Å². The van der Waals surface area contributed by atoms with Crippen LogP contribution in [0.4, 0.5) is 5.69 Å². The Morgan fingerprint density at radius 2 is 1.65 bits per heavy atom. The Hall–Kier alpha value is -2.33. The topological polar surface area (TPSA) is 32.8 Å². The van der Waals surface area contributed by atoms with Crippen molar-refractivity contribution in [3.8, 4) is 5.75 Å². The fourth-order valence-electron chi connectivity index (χ4n) is 4.21. The van der Waals surface area contributed by atoms with Crippen molar-refractivity contribution in [1.29, 1.82) is 0 Å². The molecule has 0 bridgehead atoms. The normalized spacial score (nSPS) is 23.6. The summed E-state index contributed by atoms with van der Waals surface area (Å²) in [6.07, 6.45) is 3.81. The predicted octanol–water partition coefficient (Wildman–Crippen LogP) is 3.89. The van der Waals surface area contributed by atoms with Crippen molar-refractivity contribution in [1.82, 2.24) is 4.90 Å². The molecular weight excluding hydrogens is 324 g/mol. The number of hydrogen-bond donors (Lipinski definition) is 0. The van der Waals surface area contributed by atoms with Crippen LogP contribution in [0.1, 0.15) is 30.9 Å². The summed E-state index contributed by atoms with van der Waals surface area (Å²) in [6.45, 7) is 3.09. The van der Waals surface area contributed by atoms with Gasteiger partial charge >= 0.3 is 0 Å². The van der Waals surface area contributed by atoms with Gasteiger partial charge < -0.3 is 14.5 Å². The number of rotatable bonds is 5. The Balaban J connectivity index is 1.61. The van der Waals surface area contributed by atoms with Crippen LogP contribution in [0.5, 0.6) is 5.75 Å². The molecule has 0 saturated carbocycles. The summed E-state index contributed by atoms with van der Waals surface area (Å²) in [7, 11) is 1.68. The fraction of sp³-hybridized carbons (Fsp3) is 0.409. The Labute approximate surface area is 155 Å². The third-order valence-corrected chi connectivity index (χ3v) is 5.61. The van der Waals surface area contributed by atoms with Gasteiger partial charge in [0.25, 0.3) is 0 Å². The second-order valence-electron chi connectivity index (χ2n) is 7.23. The van der Waals surface area contributed by atoms with Gasteiger partial charge in [-0.2, -0.15) is 0 Å². The second-order valence-corrected chi connectivity index (χ2v) is 7.23. The summed E-state index contributed by atoms with van der Waals surface area (Å²) in [5.74, 6) is 1.11. The minimum Gasteiger partial charge on any atom is -0.497 e. The van der Waals surface area contributed by atoms with Gasteiger partial charge in [0.2, 0.25) is 5.91 Å². The molecule has 2 fully saturated rings. The molecule has 0 spiro atoms. The molecule has 2 heterocycles. The lowest BCUT2D eigenvalue weighted by Crippen LogP contribution is -2.59. The van der Waals surface area contributed by atoms with E-state index in [9.17, 15) is 4.79 Å². The first kappa shape index (κ1) is 17.1. The van der Waals surface area contributed by atoms with E-state index in [2.05, 4.69) is 17.0 Å². The van der Waals surface area contributed by atoms with Crippen LogP contribution in [0.15, 0.2) is 54.6 Å². The van der Waals surface area contributed by atoms with E-state index in [-0.39, 0.29) is 17.9 Å². The molecule has 2 aliphatic rings. The third-order valence-electron chi connectivity index (χ3n) is 5.61. The third kappa shape index (κ3) is 3.21. The molecule has 4 nitrogen and oxygen atoms in total. The van der Waals surface area contributed by atoms with Gasteiger partial charge in [0.05, 0.1) is 19.1 Å². The second kappa shape index (κ2) is 7.50. The number of benzene rings is 2. The minimum atomic E-state index is 0.0294. The Morgan fingerprint density at radius 1 is 0.962 bits per heavy atom. The number of piperidine rings is 1. The molecule has 136 valence electrons. The SMILES string of the molecule is COc1ccc([C@@H]2[C@H](CN3CCCCC3)C(=O)N2c2ccccc2)cc1. The quantitative estimate of drug-likeness (QED) is 0.767. The molecule has 26 heavy (non-hydrogen) atoms. The summed E-state index contributed by atoms with van der Waals surface area (Å²) in [6, 6.07) is 18.3. The fourth-order valence-corrected chi connectivity index (χ4v) is 4.21. The van der Waals surface area contributed by atoms with Crippen molar-refractivity contribution < 1.29 is 9.53 Å². The molecule has 2 aromatic rings. The van der Waals surface area contributed by atoms with Crippen LogP contribution in [0.25, 0.3) is 0 Å². The lowest BCUT2D eigenvalue weighted by Gasteiger charge is -2.49. The van der Waals surface area contributed by atoms with E-state index >= 15 is 0 Å². The van der Waals surface area contributed by atoms with Crippen LogP contribution in [0.2, 0.25) is 0 Å². The standard InChI is InChI=1S/C22H26N2O2/c1-26-19-12-10-17(11-13-19)21-20(16-23-14-6-3-7-15-23)22(25)24(21)18-8-4-2-5-9-18/h2,4-5,8-13,20-21H,3,6-7,14-16H2,1H3/t20-,21+/m0/s1. The van der Waals surface area contributed by atoms with Crippen LogP contribution in [-0.2, 0) is 4.79 Å². The molecule has 4 heteroatoms. The number of carbonyl (C=O) groups excluding carboxylic acids is 1. The number of hydrogen-bond acceptors (Lipinski definition) is 3. The molecule has 4 rings (SSSR count). The number of anilines is 1. The molecule has 0 aromatic heterocycles. The molecule has 1 amide bonds. The van der Waals surface area contributed by atoms with Crippen LogP contribution in [-0.4, -0.2) is 37.6 Å². The zero-order valence-corrected chi connectivity index (χ0v) is 15.3. The van der Waals surface area contributed by atoms with Crippen LogP contribution >= 0.6 is 0 Å². The van der Waals surface area contributed by atoms with E-state index in [0.29, 0.717) is 0 Å². The zero-order valence-electron chi connectivity index (χ0n) is 15.3. The Kier molecular flexibility index (Phi) is 4.93. The molecule has 0 aliphatic carbocycles. The average Bonchev–Trinajstić information content (AvgIpc) is 2.71. The largest absolute Gasteiger partial charge is 0.497 e. The molecule has 0 N–H and O–H groups in total. The van der Waals surface area contributed by atoms with Gasteiger partial charge in [0.1, 0.15) is 5.75 Å². The molecular formula is C22H26N2O2. The summed E-state index contributed by atoms with van der Waals surface area (Å²) in [5.41, 5.74) is 2.16. The molecule has 0 radical (unpaired) electrons. The van der Waals surface area contributed by atoms with Gasteiger partial charge in [0, 0.05) is 12.2 Å². The van der Waals surface area contributed by atoms with Crippen molar-refractivity contribution in [3.05, 3.63) is 60.2 Å². The van der Waals surface area contributed by atoms with Crippen LogP contribution in [0, 0.1) is 5.92 Å². The molecule has 2 aromatic carbocycles. The summed E-state index contributed by atoms with van der Waals surface area (Å²) in [5, 5.41) is 0. The molecule has 2 aliphatic heterocycles. The number of amides is 1. The monoisotopic (exact) mass is 350 g/mol. The van der Waals surface area contributed by atoms with E-state index in [1.807, 2.05) is 47.4 Å².